The molecule has 7 heteroatoms. The van der Waals surface area contributed by atoms with Crippen molar-refractivity contribution in [2.45, 2.75) is 19.5 Å². The zero-order chi connectivity index (χ0) is 17.7. The molecule has 0 saturated carbocycles. The van der Waals surface area contributed by atoms with Gasteiger partial charge in [0.15, 0.2) is 0 Å². The number of nitrogens with one attached hydrogen (secondary N) is 2. The summed E-state index contributed by atoms with van der Waals surface area (Å²) < 4.78 is 0. The van der Waals surface area contributed by atoms with Crippen molar-refractivity contribution in [1.82, 2.24) is 10.6 Å². The molecule has 0 aliphatic carbocycles. The van der Waals surface area contributed by atoms with E-state index < -0.39 is 6.03 Å². The molecule has 2 aromatic carbocycles. The van der Waals surface area contributed by atoms with E-state index in [-0.39, 0.29) is 11.9 Å². The summed E-state index contributed by atoms with van der Waals surface area (Å²) >= 11 is 11.9. The fourth-order valence-electron chi connectivity index (χ4n) is 2.11. The van der Waals surface area contributed by atoms with Crippen molar-refractivity contribution >= 4 is 35.1 Å². The summed E-state index contributed by atoms with van der Waals surface area (Å²) in [5.74, 6) is -0.206. The normalized spacial score (nSPS) is 11.6. The van der Waals surface area contributed by atoms with Gasteiger partial charge >= 0.3 is 6.03 Å². The van der Waals surface area contributed by atoms with E-state index in [0.29, 0.717) is 22.2 Å². The highest BCUT2D eigenvalue weighted by atomic mass is 35.5. The number of hydrogen-bond donors (Lipinski definition) is 3. The summed E-state index contributed by atoms with van der Waals surface area (Å²) in [4.78, 5) is 23.0. The minimum Gasteiger partial charge on any atom is -0.352 e. The van der Waals surface area contributed by atoms with Crippen LogP contribution < -0.4 is 16.4 Å². The van der Waals surface area contributed by atoms with Gasteiger partial charge in [0.1, 0.15) is 0 Å². The number of rotatable bonds is 5. The Morgan fingerprint density at radius 3 is 2.33 bits per heavy atom. The molecule has 1 unspecified atom stereocenters. The lowest BCUT2D eigenvalue weighted by Crippen LogP contribution is -2.28. The van der Waals surface area contributed by atoms with Crippen LogP contribution in [-0.2, 0) is 6.54 Å². The van der Waals surface area contributed by atoms with Gasteiger partial charge in [-0.25, -0.2) is 4.79 Å². The second-order valence-electron chi connectivity index (χ2n) is 5.28. The summed E-state index contributed by atoms with van der Waals surface area (Å²) in [5, 5.41) is 6.30. The van der Waals surface area contributed by atoms with E-state index in [1.807, 2.05) is 13.0 Å². The number of urea groups is 1. The SMILES string of the molecule is CC(NC(=O)c1ccc(CNC(N)=O)cc1)c1ccc(Cl)c(Cl)c1. The van der Waals surface area contributed by atoms with Crippen LogP contribution in [-0.4, -0.2) is 11.9 Å². The largest absolute Gasteiger partial charge is 0.352 e. The minimum atomic E-state index is -0.590. The van der Waals surface area contributed by atoms with Gasteiger partial charge in [0.05, 0.1) is 16.1 Å². The summed E-state index contributed by atoms with van der Waals surface area (Å²) in [7, 11) is 0. The third kappa shape index (κ3) is 4.88. The molecule has 4 N–H and O–H groups in total. The van der Waals surface area contributed by atoms with E-state index in [1.54, 1.807) is 36.4 Å². The molecule has 0 heterocycles. The number of carbonyl (C=O) groups excluding carboxylic acids is 2. The molecule has 0 aromatic heterocycles. The molecule has 126 valence electrons. The Labute approximate surface area is 150 Å². The van der Waals surface area contributed by atoms with Crippen LogP contribution in [0, 0.1) is 0 Å². The number of halogens is 2. The van der Waals surface area contributed by atoms with Gasteiger partial charge < -0.3 is 16.4 Å². The minimum absolute atomic E-state index is 0.206. The molecule has 2 rings (SSSR count). The van der Waals surface area contributed by atoms with E-state index >= 15 is 0 Å². The van der Waals surface area contributed by atoms with Crippen LogP contribution in [0.3, 0.4) is 0 Å². The second kappa shape index (κ2) is 8.04. The number of benzene rings is 2. The van der Waals surface area contributed by atoms with Crippen LogP contribution in [0.4, 0.5) is 4.79 Å². The van der Waals surface area contributed by atoms with Gasteiger partial charge in [-0.15, -0.1) is 0 Å². The molecule has 5 nitrogen and oxygen atoms in total. The first-order valence-corrected chi connectivity index (χ1v) is 8.00. The molecular formula is C17H17Cl2N3O2. The number of amides is 3. The van der Waals surface area contributed by atoms with E-state index in [1.165, 1.54) is 0 Å². The molecule has 0 fully saturated rings. The van der Waals surface area contributed by atoms with Crippen molar-refractivity contribution in [3.8, 4) is 0 Å². The van der Waals surface area contributed by atoms with E-state index in [4.69, 9.17) is 28.9 Å². The first-order valence-electron chi connectivity index (χ1n) is 7.25. The molecule has 0 aliphatic rings. The molecule has 0 aliphatic heterocycles. The Kier molecular flexibility index (Phi) is 6.06. The van der Waals surface area contributed by atoms with Crippen LogP contribution in [0.5, 0.6) is 0 Å². The maximum atomic E-state index is 12.3. The number of nitrogens with two attached hydrogens (primary N) is 1. The van der Waals surface area contributed by atoms with Crippen LogP contribution in [0.15, 0.2) is 42.5 Å². The zero-order valence-corrected chi connectivity index (χ0v) is 14.5. The Bertz CT molecular complexity index is 748. The lowest BCUT2D eigenvalue weighted by atomic mass is 10.1. The summed E-state index contributed by atoms with van der Waals surface area (Å²) in [6.07, 6.45) is 0. The fraction of sp³-hybridized carbons (Fsp3) is 0.176. The standard InChI is InChI=1S/C17H17Cl2N3O2/c1-10(13-6-7-14(18)15(19)8-13)22-16(23)12-4-2-11(3-5-12)9-21-17(20)24/h2-8,10H,9H2,1H3,(H,22,23)(H3,20,21,24). The van der Waals surface area contributed by atoms with E-state index in [9.17, 15) is 9.59 Å². The first kappa shape index (κ1) is 18.1. The lowest BCUT2D eigenvalue weighted by Gasteiger charge is -2.15. The average Bonchev–Trinajstić information content (AvgIpc) is 2.55. The van der Waals surface area contributed by atoms with E-state index in [0.717, 1.165) is 11.1 Å². The molecular weight excluding hydrogens is 349 g/mol. The van der Waals surface area contributed by atoms with Crippen molar-refractivity contribution in [1.29, 1.82) is 0 Å². The maximum Gasteiger partial charge on any atom is 0.312 e. The number of carbonyl (C=O) groups is 2. The molecule has 0 radical (unpaired) electrons. The van der Waals surface area contributed by atoms with Crippen molar-refractivity contribution in [2.24, 2.45) is 5.73 Å². The Balaban J connectivity index is 2.00. The topological polar surface area (TPSA) is 84.2 Å². The van der Waals surface area contributed by atoms with Gasteiger partial charge in [0.25, 0.3) is 5.91 Å². The Morgan fingerprint density at radius 2 is 1.75 bits per heavy atom. The zero-order valence-electron chi connectivity index (χ0n) is 13.0. The lowest BCUT2D eigenvalue weighted by molar-refractivity contribution is 0.0940. The van der Waals surface area contributed by atoms with Crippen LogP contribution in [0.1, 0.15) is 34.5 Å². The third-order valence-electron chi connectivity index (χ3n) is 3.47. The molecule has 24 heavy (non-hydrogen) atoms. The third-order valence-corrected chi connectivity index (χ3v) is 4.21. The molecule has 1 atom stereocenters. The van der Waals surface area contributed by atoms with Crippen molar-refractivity contribution in [3.63, 3.8) is 0 Å². The summed E-state index contributed by atoms with van der Waals surface area (Å²) in [6.45, 7) is 2.18. The highest BCUT2D eigenvalue weighted by Crippen LogP contribution is 2.25. The van der Waals surface area contributed by atoms with Crippen molar-refractivity contribution in [2.75, 3.05) is 0 Å². The molecule has 0 bridgehead atoms. The molecule has 2 aromatic rings. The first-order chi connectivity index (χ1) is 11.4. The highest BCUT2D eigenvalue weighted by molar-refractivity contribution is 6.42. The van der Waals surface area contributed by atoms with Gasteiger partial charge in [0.2, 0.25) is 0 Å². The number of primary amides is 1. The second-order valence-corrected chi connectivity index (χ2v) is 6.10. The van der Waals surface area contributed by atoms with Gasteiger partial charge in [-0.2, -0.15) is 0 Å². The summed E-state index contributed by atoms with van der Waals surface area (Å²) in [5.41, 5.74) is 7.25. The predicted octanol–water partition coefficient (Wildman–Crippen LogP) is 3.65. The summed E-state index contributed by atoms with van der Waals surface area (Å²) in [6, 6.07) is 11.3. The highest BCUT2D eigenvalue weighted by Gasteiger charge is 2.12. The smallest absolute Gasteiger partial charge is 0.312 e. The maximum absolute atomic E-state index is 12.3. The van der Waals surface area contributed by atoms with Gasteiger partial charge in [0, 0.05) is 12.1 Å². The molecule has 0 spiro atoms. The van der Waals surface area contributed by atoms with Gasteiger partial charge in [-0.05, 0) is 42.3 Å². The van der Waals surface area contributed by atoms with Crippen LogP contribution >= 0.6 is 23.2 Å². The quantitative estimate of drug-likeness (QED) is 0.755. The molecule has 3 amide bonds. The van der Waals surface area contributed by atoms with Crippen molar-refractivity contribution in [3.05, 3.63) is 69.2 Å². The fourth-order valence-corrected chi connectivity index (χ4v) is 2.41. The van der Waals surface area contributed by atoms with Crippen molar-refractivity contribution < 1.29 is 9.59 Å². The van der Waals surface area contributed by atoms with Gasteiger partial charge in [-0.1, -0.05) is 41.4 Å². The predicted molar refractivity (Wildman–Crippen MR) is 95.2 cm³/mol. The van der Waals surface area contributed by atoms with Gasteiger partial charge in [-0.3, -0.25) is 4.79 Å². The Hall–Kier alpha value is -2.24. The van der Waals surface area contributed by atoms with Crippen LogP contribution in [0.25, 0.3) is 0 Å². The monoisotopic (exact) mass is 365 g/mol. The average molecular weight is 366 g/mol. The number of hydrogen-bond acceptors (Lipinski definition) is 2. The van der Waals surface area contributed by atoms with Crippen LogP contribution in [0.2, 0.25) is 10.0 Å². The van der Waals surface area contributed by atoms with E-state index in [2.05, 4.69) is 10.6 Å². The molecule has 0 saturated heterocycles. The Morgan fingerprint density at radius 1 is 1.08 bits per heavy atom.